The first-order valence-corrected chi connectivity index (χ1v) is 6.13. The van der Waals surface area contributed by atoms with Crippen molar-refractivity contribution < 1.29 is 31.4 Å². The first-order chi connectivity index (χ1) is 10.1. The van der Waals surface area contributed by atoms with Gasteiger partial charge in [-0.3, -0.25) is 4.90 Å². The van der Waals surface area contributed by atoms with Gasteiger partial charge in [-0.1, -0.05) is 0 Å². The molecule has 0 unspecified atom stereocenters. The smallest absolute Gasteiger partial charge is 0.483 e. The van der Waals surface area contributed by atoms with Crippen LogP contribution in [0.4, 0.5) is 22.0 Å². The number of hydrogen-bond donors (Lipinski definition) is 0. The molecule has 0 N–H and O–H groups in total. The van der Waals surface area contributed by atoms with Crippen LogP contribution in [0.5, 0.6) is 11.5 Å². The minimum Gasteiger partial charge on any atom is -0.483 e. The van der Waals surface area contributed by atoms with Crippen LogP contribution in [0.15, 0.2) is 18.2 Å². The van der Waals surface area contributed by atoms with Gasteiger partial charge in [0.1, 0.15) is 11.8 Å². The zero-order valence-electron chi connectivity index (χ0n) is 11.3. The second-order valence-corrected chi connectivity index (χ2v) is 4.88. The summed E-state index contributed by atoms with van der Waals surface area (Å²) < 4.78 is 72.8. The summed E-state index contributed by atoms with van der Waals surface area (Å²) in [6.45, 7) is -0.567. The lowest BCUT2D eigenvalue weighted by Crippen LogP contribution is -2.36. The van der Waals surface area contributed by atoms with Crippen molar-refractivity contribution in [2.75, 3.05) is 20.1 Å². The quantitative estimate of drug-likeness (QED) is 0.803. The Morgan fingerprint density at radius 3 is 2.55 bits per heavy atom. The molecule has 0 radical (unpaired) electrons. The normalized spacial score (nSPS) is 21.4. The molecular weight excluding hydrogens is 311 g/mol. The molecule has 9 heteroatoms. The fraction of sp³-hybridized carbons (Fsp3) is 0.462. The molecule has 4 nitrogen and oxygen atoms in total. The Labute approximate surface area is 122 Å². The van der Waals surface area contributed by atoms with Gasteiger partial charge in [0.05, 0.1) is 12.1 Å². The molecule has 1 aliphatic rings. The summed E-state index contributed by atoms with van der Waals surface area (Å²) in [4.78, 5) is 1.35. The maximum atomic E-state index is 13.6. The van der Waals surface area contributed by atoms with Gasteiger partial charge in [-0.25, -0.2) is 8.78 Å². The first kappa shape index (κ1) is 16.3. The van der Waals surface area contributed by atoms with E-state index in [1.807, 2.05) is 0 Å². The number of likely N-dealkylation sites (N-methyl/N-ethyl adjacent to an activating group) is 1. The van der Waals surface area contributed by atoms with Crippen LogP contribution in [0.3, 0.4) is 0 Å². The van der Waals surface area contributed by atoms with Crippen LogP contribution in [0.2, 0.25) is 0 Å². The Balaban J connectivity index is 2.22. The van der Waals surface area contributed by atoms with Crippen molar-refractivity contribution in [3.63, 3.8) is 0 Å². The Hall–Kier alpha value is -2.08. The summed E-state index contributed by atoms with van der Waals surface area (Å²) in [5.74, 6) is -4.13. The summed E-state index contributed by atoms with van der Waals surface area (Å²) in [6, 6.07) is 4.47. The lowest BCUT2D eigenvalue weighted by atomic mass is 10.2. The third kappa shape index (κ3) is 3.76. The summed E-state index contributed by atoms with van der Waals surface area (Å²) in [6.07, 6.45) is -6.48. The van der Waals surface area contributed by atoms with Gasteiger partial charge >= 0.3 is 6.36 Å². The van der Waals surface area contributed by atoms with Gasteiger partial charge in [0.2, 0.25) is 0 Å². The van der Waals surface area contributed by atoms with Crippen LogP contribution in [0.1, 0.15) is 5.56 Å². The predicted molar refractivity (Wildman–Crippen MR) is 64.7 cm³/mol. The second kappa shape index (κ2) is 5.61. The largest absolute Gasteiger partial charge is 0.573 e. The first-order valence-electron chi connectivity index (χ1n) is 6.13. The van der Waals surface area contributed by atoms with E-state index in [9.17, 15) is 22.0 Å². The van der Waals surface area contributed by atoms with E-state index in [1.165, 1.54) is 18.0 Å². The third-order valence-electron chi connectivity index (χ3n) is 3.01. The highest BCUT2D eigenvalue weighted by Crippen LogP contribution is 2.34. The topological polar surface area (TPSA) is 45.5 Å². The van der Waals surface area contributed by atoms with Crippen LogP contribution >= 0.6 is 0 Å². The van der Waals surface area contributed by atoms with Crippen molar-refractivity contribution >= 4 is 0 Å². The van der Waals surface area contributed by atoms with E-state index in [0.717, 1.165) is 18.2 Å². The number of nitriles is 1. The number of ether oxygens (including phenoxy) is 2. The van der Waals surface area contributed by atoms with Gasteiger partial charge in [0.15, 0.2) is 11.9 Å². The molecule has 1 aliphatic heterocycles. The second-order valence-electron chi connectivity index (χ2n) is 4.88. The molecule has 0 bridgehead atoms. The molecule has 1 saturated heterocycles. The summed E-state index contributed by atoms with van der Waals surface area (Å²) in [5.41, 5.74) is -0.375. The average Bonchev–Trinajstić information content (AvgIpc) is 2.60. The van der Waals surface area contributed by atoms with E-state index in [1.54, 1.807) is 0 Å². The molecular formula is C13H11F5N2O2. The highest BCUT2D eigenvalue weighted by atomic mass is 19.4. The third-order valence-corrected chi connectivity index (χ3v) is 3.01. The number of hydrogen-bond acceptors (Lipinski definition) is 4. The number of nitrogens with zero attached hydrogens (tertiary/aromatic N) is 2. The molecule has 1 aromatic rings. The SMILES string of the molecule is CN1C[C@H](Oc2ccc(C#N)c(OC(F)(F)F)c2)C(F)(F)C1. The minimum absolute atomic E-state index is 0.0670. The Kier molecular flexibility index (Phi) is 4.15. The summed E-state index contributed by atoms with van der Waals surface area (Å²) in [5, 5.41) is 8.74. The zero-order valence-corrected chi connectivity index (χ0v) is 11.3. The number of likely N-dealkylation sites (tertiary alicyclic amines) is 1. The summed E-state index contributed by atoms with van der Waals surface area (Å²) >= 11 is 0. The molecule has 2 rings (SSSR count). The molecule has 22 heavy (non-hydrogen) atoms. The van der Waals surface area contributed by atoms with Crippen molar-refractivity contribution in [2.45, 2.75) is 18.4 Å². The molecule has 1 aromatic carbocycles. The standard InChI is InChI=1S/C13H11F5N2O2/c1-20-6-11(12(14,15)7-20)21-9-3-2-8(5-19)10(4-9)22-13(16,17)18/h2-4,11H,6-7H2,1H3/t11-/m0/s1. The minimum atomic E-state index is -5.00. The summed E-state index contributed by atoms with van der Waals surface area (Å²) in [7, 11) is 1.48. The van der Waals surface area contributed by atoms with Crippen LogP contribution in [0.25, 0.3) is 0 Å². The van der Waals surface area contributed by atoms with E-state index in [-0.39, 0.29) is 17.9 Å². The van der Waals surface area contributed by atoms with Crippen molar-refractivity contribution in [2.24, 2.45) is 0 Å². The van der Waals surface area contributed by atoms with Crippen LogP contribution < -0.4 is 9.47 Å². The van der Waals surface area contributed by atoms with E-state index in [2.05, 4.69) is 4.74 Å². The average molecular weight is 322 g/mol. The van der Waals surface area contributed by atoms with Crippen LogP contribution in [0, 0.1) is 11.3 Å². The maximum absolute atomic E-state index is 13.6. The van der Waals surface area contributed by atoms with Crippen molar-refractivity contribution in [3.8, 4) is 17.6 Å². The molecule has 0 amide bonds. The number of rotatable bonds is 3. The van der Waals surface area contributed by atoms with Gasteiger partial charge in [0, 0.05) is 12.6 Å². The highest BCUT2D eigenvalue weighted by Gasteiger charge is 2.48. The molecule has 0 saturated carbocycles. The molecule has 1 atom stereocenters. The van der Waals surface area contributed by atoms with Gasteiger partial charge in [-0.15, -0.1) is 13.2 Å². The highest BCUT2D eigenvalue weighted by molar-refractivity contribution is 5.47. The van der Waals surface area contributed by atoms with Crippen molar-refractivity contribution in [1.82, 2.24) is 4.90 Å². The van der Waals surface area contributed by atoms with Crippen LogP contribution in [-0.2, 0) is 0 Å². The number of benzene rings is 1. The zero-order chi connectivity index (χ0) is 16.5. The van der Waals surface area contributed by atoms with Gasteiger partial charge < -0.3 is 9.47 Å². The maximum Gasteiger partial charge on any atom is 0.573 e. The monoisotopic (exact) mass is 322 g/mol. The Morgan fingerprint density at radius 1 is 1.36 bits per heavy atom. The molecule has 0 aromatic heterocycles. The van der Waals surface area contributed by atoms with Gasteiger partial charge in [-0.05, 0) is 19.2 Å². The Bertz CT molecular complexity index is 597. The molecule has 120 valence electrons. The van der Waals surface area contributed by atoms with Crippen molar-refractivity contribution in [1.29, 1.82) is 5.26 Å². The van der Waals surface area contributed by atoms with Gasteiger partial charge in [-0.2, -0.15) is 5.26 Å². The van der Waals surface area contributed by atoms with E-state index >= 15 is 0 Å². The fourth-order valence-corrected chi connectivity index (χ4v) is 2.11. The lowest BCUT2D eigenvalue weighted by molar-refractivity contribution is -0.274. The number of halogens is 5. The van der Waals surface area contributed by atoms with E-state index in [0.29, 0.717) is 0 Å². The molecule has 0 aliphatic carbocycles. The Morgan fingerprint density at radius 2 is 2.05 bits per heavy atom. The van der Waals surface area contributed by atoms with Crippen molar-refractivity contribution in [3.05, 3.63) is 23.8 Å². The van der Waals surface area contributed by atoms with Crippen LogP contribution in [-0.4, -0.2) is 43.4 Å². The van der Waals surface area contributed by atoms with Gasteiger partial charge in [0.25, 0.3) is 5.92 Å². The number of alkyl halides is 5. The molecule has 1 heterocycles. The predicted octanol–water partition coefficient (Wildman–Crippen LogP) is 2.78. The van der Waals surface area contributed by atoms with E-state index < -0.39 is 30.7 Å². The van der Waals surface area contributed by atoms with E-state index in [4.69, 9.17) is 10.00 Å². The molecule has 0 spiro atoms. The fourth-order valence-electron chi connectivity index (χ4n) is 2.11. The lowest BCUT2D eigenvalue weighted by Gasteiger charge is -2.20. The molecule has 1 fully saturated rings.